The molecule has 2 nitrogen and oxygen atoms in total. The number of benzene rings is 1. The molecule has 1 heterocycles. The van der Waals surface area contributed by atoms with Gasteiger partial charge in [0.05, 0.1) is 6.61 Å². The largest absolute Gasteiger partial charge is 0.494 e. The van der Waals surface area contributed by atoms with Crippen LogP contribution < -0.4 is 4.74 Å². The Morgan fingerprint density at radius 3 is 2.76 bits per heavy atom. The maximum atomic E-state index is 11.0. The van der Waals surface area contributed by atoms with Crippen molar-refractivity contribution in [3.8, 4) is 16.2 Å². The van der Waals surface area contributed by atoms with Crippen molar-refractivity contribution in [2.24, 2.45) is 0 Å². The number of ether oxygens (including phenoxy) is 1. The summed E-state index contributed by atoms with van der Waals surface area (Å²) in [5, 5.41) is 2.08. The highest BCUT2D eigenvalue weighted by Crippen LogP contribution is 2.32. The summed E-state index contributed by atoms with van der Waals surface area (Å²) in [6.07, 6.45) is 0.889. The topological polar surface area (TPSA) is 26.3 Å². The van der Waals surface area contributed by atoms with Crippen LogP contribution in [0.5, 0.6) is 5.75 Å². The second-order valence-electron chi connectivity index (χ2n) is 3.79. The number of aldehydes is 1. The van der Waals surface area contributed by atoms with Crippen LogP contribution in [-0.4, -0.2) is 12.9 Å². The Hall–Kier alpha value is -1.61. The number of carbonyl (C=O) groups excluding carboxylic acids is 1. The molecule has 17 heavy (non-hydrogen) atoms. The van der Waals surface area contributed by atoms with Gasteiger partial charge in [0.1, 0.15) is 5.75 Å². The number of rotatable bonds is 4. The summed E-state index contributed by atoms with van der Waals surface area (Å²) in [4.78, 5) is 12.1. The third kappa shape index (κ3) is 2.56. The molecule has 1 aromatic carbocycles. The van der Waals surface area contributed by atoms with E-state index in [1.807, 2.05) is 32.0 Å². The minimum atomic E-state index is 0.628. The summed E-state index contributed by atoms with van der Waals surface area (Å²) in [6, 6.07) is 7.65. The Balaban J connectivity index is 2.49. The predicted octanol–water partition coefficient (Wildman–Crippen LogP) is 3.93. The van der Waals surface area contributed by atoms with E-state index in [2.05, 4.69) is 11.4 Å². The van der Waals surface area contributed by atoms with Gasteiger partial charge in [0.25, 0.3) is 0 Å². The average Bonchev–Trinajstić information content (AvgIpc) is 2.76. The Labute approximate surface area is 105 Å². The van der Waals surface area contributed by atoms with Crippen LogP contribution in [0.2, 0.25) is 0 Å². The molecule has 0 spiro atoms. The summed E-state index contributed by atoms with van der Waals surface area (Å²) in [5.41, 5.74) is 2.86. The van der Waals surface area contributed by atoms with Gasteiger partial charge in [0, 0.05) is 16.0 Å². The van der Waals surface area contributed by atoms with E-state index in [1.54, 1.807) is 11.3 Å². The van der Waals surface area contributed by atoms with Crippen molar-refractivity contribution in [2.45, 2.75) is 13.8 Å². The van der Waals surface area contributed by atoms with Crippen LogP contribution in [0.25, 0.3) is 10.4 Å². The summed E-state index contributed by atoms with van der Waals surface area (Å²) in [5.74, 6) is 0.805. The number of thiophene rings is 1. The molecule has 0 amide bonds. The first-order valence-electron chi connectivity index (χ1n) is 5.52. The van der Waals surface area contributed by atoms with E-state index in [-0.39, 0.29) is 0 Å². The predicted molar refractivity (Wildman–Crippen MR) is 71.0 cm³/mol. The number of hydrogen-bond acceptors (Lipinski definition) is 3. The van der Waals surface area contributed by atoms with E-state index in [0.717, 1.165) is 22.5 Å². The maximum Gasteiger partial charge on any atom is 0.150 e. The van der Waals surface area contributed by atoms with Gasteiger partial charge in [-0.25, -0.2) is 0 Å². The van der Waals surface area contributed by atoms with Crippen LogP contribution in [0, 0.1) is 6.92 Å². The van der Waals surface area contributed by atoms with Crippen LogP contribution >= 0.6 is 11.3 Å². The van der Waals surface area contributed by atoms with Crippen molar-refractivity contribution in [2.75, 3.05) is 6.61 Å². The fourth-order valence-corrected chi connectivity index (χ4v) is 2.62. The lowest BCUT2D eigenvalue weighted by Gasteiger charge is -2.07. The van der Waals surface area contributed by atoms with Crippen LogP contribution in [0.1, 0.15) is 22.8 Å². The molecule has 2 aromatic rings. The summed E-state index contributed by atoms with van der Waals surface area (Å²) < 4.78 is 5.46. The van der Waals surface area contributed by atoms with E-state index in [1.165, 1.54) is 5.56 Å². The second kappa shape index (κ2) is 5.15. The van der Waals surface area contributed by atoms with E-state index in [9.17, 15) is 4.79 Å². The molecule has 0 fully saturated rings. The fourth-order valence-electron chi connectivity index (χ4n) is 1.68. The molecular weight excluding hydrogens is 232 g/mol. The zero-order chi connectivity index (χ0) is 12.3. The van der Waals surface area contributed by atoms with E-state index < -0.39 is 0 Å². The third-order valence-electron chi connectivity index (χ3n) is 2.46. The SMILES string of the molecule is CCOc1ccc(C=O)c(-c2cc(C)cs2)c1. The molecule has 0 aliphatic rings. The van der Waals surface area contributed by atoms with Gasteiger partial charge in [-0.3, -0.25) is 4.79 Å². The van der Waals surface area contributed by atoms with Crippen molar-refractivity contribution in [1.82, 2.24) is 0 Å². The van der Waals surface area contributed by atoms with Gasteiger partial charge in [-0.15, -0.1) is 11.3 Å². The quantitative estimate of drug-likeness (QED) is 0.764. The minimum Gasteiger partial charge on any atom is -0.494 e. The molecular formula is C14H14O2S. The van der Waals surface area contributed by atoms with E-state index >= 15 is 0 Å². The van der Waals surface area contributed by atoms with Gasteiger partial charge >= 0.3 is 0 Å². The van der Waals surface area contributed by atoms with E-state index in [0.29, 0.717) is 12.2 Å². The first-order chi connectivity index (χ1) is 8.24. The lowest BCUT2D eigenvalue weighted by molar-refractivity contribution is 0.112. The molecule has 88 valence electrons. The molecule has 1 aromatic heterocycles. The Kier molecular flexibility index (Phi) is 3.59. The number of carbonyl (C=O) groups is 1. The molecule has 0 saturated carbocycles. The molecule has 0 atom stereocenters. The summed E-state index contributed by atoms with van der Waals surface area (Å²) in [7, 11) is 0. The Morgan fingerprint density at radius 1 is 1.35 bits per heavy atom. The molecule has 2 rings (SSSR count). The smallest absolute Gasteiger partial charge is 0.150 e. The van der Waals surface area contributed by atoms with Gasteiger partial charge in [0.15, 0.2) is 6.29 Å². The molecule has 0 radical (unpaired) electrons. The zero-order valence-corrected chi connectivity index (χ0v) is 10.7. The molecule has 0 saturated heterocycles. The highest BCUT2D eigenvalue weighted by Gasteiger charge is 2.08. The zero-order valence-electron chi connectivity index (χ0n) is 9.90. The standard InChI is InChI=1S/C14H14O2S/c1-3-16-12-5-4-11(8-15)13(7-12)14-6-10(2)9-17-14/h4-9H,3H2,1-2H3. The number of aryl methyl sites for hydroxylation is 1. The van der Waals surface area contributed by atoms with E-state index in [4.69, 9.17) is 4.74 Å². The van der Waals surface area contributed by atoms with Crippen LogP contribution in [0.3, 0.4) is 0 Å². The van der Waals surface area contributed by atoms with Gasteiger partial charge < -0.3 is 4.74 Å². The van der Waals surface area contributed by atoms with Crippen LogP contribution in [-0.2, 0) is 0 Å². The highest BCUT2D eigenvalue weighted by molar-refractivity contribution is 7.13. The number of hydrogen-bond donors (Lipinski definition) is 0. The Morgan fingerprint density at radius 2 is 2.18 bits per heavy atom. The van der Waals surface area contributed by atoms with Crippen LogP contribution in [0.15, 0.2) is 29.6 Å². The normalized spacial score (nSPS) is 10.2. The van der Waals surface area contributed by atoms with Gasteiger partial charge in [-0.1, -0.05) is 0 Å². The molecule has 0 unspecified atom stereocenters. The van der Waals surface area contributed by atoms with Gasteiger partial charge in [-0.05, 0) is 49.1 Å². The molecule has 0 N–H and O–H groups in total. The molecule has 0 aliphatic heterocycles. The first-order valence-corrected chi connectivity index (χ1v) is 6.40. The lowest BCUT2D eigenvalue weighted by Crippen LogP contribution is -1.93. The van der Waals surface area contributed by atoms with Crippen molar-refractivity contribution in [3.05, 3.63) is 40.8 Å². The second-order valence-corrected chi connectivity index (χ2v) is 4.70. The van der Waals surface area contributed by atoms with Crippen molar-refractivity contribution in [1.29, 1.82) is 0 Å². The monoisotopic (exact) mass is 246 g/mol. The molecule has 0 aliphatic carbocycles. The highest BCUT2D eigenvalue weighted by atomic mass is 32.1. The van der Waals surface area contributed by atoms with Crippen molar-refractivity contribution >= 4 is 17.6 Å². The average molecular weight is 246 g/mol. The summed E-state index contributed by atoms with van der Waals surface area (Å²) >= 11 is 1.64. The van der Waals surface area contributed by atoms with Crippen LogP contribution in [0.4, 0.5) is 0 Å². The summed E-state index contributed by atoms with van der Waals surface area (Å²) in [6.45, 7) is 4.62. The Bertz CT molecular complexity index is 529. The third-order valence-corrected chi connectivity index (χ3v) is 3.54. The minimum absolute atomic E-state index is 0.628. The van der Waals surface area contributed by atoms with Crippen molar-refractivity contribution in [3.63, 3.8) is 0 Å². The van der Waals surface area contributed by atoms with Gasteiger partial charge in [-0.2, -0.15) is 0 Å². The molecule has 0 bridgehead atoms. The fraction of sp³-hybridized carbons (Fsp3) is 0.214. The van der Waals surface area contributed by atoms with Crippen molar-refractivity contribution < 1.29 is 9.53 Å². The lowest BCUT2D eigenvalue weighted by atomic mass is 10.1. The van der Waals surface area contributed by atoms with Gasteiger partial charge in [0.2, 0.25) is 0 Å². The molecule has 3 heteroatoms. The maximum absolute atomic E-state index is 11.0. The first kappa shape index (κ1) is 11.9.